The normalized spacial score (nSPS) is 12.1. The van der Waals surface area contributed by atoms with Crippen molar-refractivity contribution in [3.05, 3.63) is 66.4 Å². The van der Waals surface area contributed by atoms with Crippen LogP contribution in [-0.4, -0.2) is 16.1 Å². The quantitative estimate of drug-likeness (QED) is 0.663. The van der Waals surface area contributed by atoms with Crippen LogP contribution in [0, 0.1) is 6.92 Å². The van der Waals surface area contributed by atoms with Crippen LogP contribution in [0.15, 0.2) is 65.6 Å². The number of fused-ring (bicyclic) bond motifs is 1. The number of aryl methyl sites for hydroxylation is 1. The second-order valence-corrected chi connectivity index (χ2v) is 6.92. The summed E-state index contributed by atoms with van der Waals surface area (Å²) >= 11 is 1.60. The van der Waals surface area contributed by atoms with Gasteiger partial charge in [0, 0.05) is 16.0 Å². The van der Waals surface area contributed by atoms with Gasteiger partial charge in [-0.15, -0.1) is 11.8 Å². The highest BCUT2D eigenvalue weighted by Gasteiger charge is 2.19. The minimum absolute atomic E-state index is 0.0297. The summed E-state index contributed by atoms with van der Waals surface area (Å²) in [4.78, 5) is 18.4. The molecular formula is C20H20N2OS. The number of amides is 1. The van der Waals surface area contributed by atoms with Crippen molar-refractivity contribution in [2.45, 2.75) is 30.4 Å². The third kappa shape index (κ3) is 3.77. The van der Waals surface area contributed by atoms with E-state index in [4.69, 9.17) is 0 Å². The van der Waals surface area contributed by atoms with E-state index in [0.29, 0.717) is 0 Å². The summed E-state index contributed by atoms with van der Waals surface area (Å²) in [5, 5.41) is 3.94. The molecule has 0 radical (unpaired) electrons. The van der Waals surface area contributed by atoms with Crippen LogP contribution in [0.2, 0.25) is 0 Å². The van der Waals surface area contributed by atoms with Crippen molar-refractivity contribution in [1.29, 1.82) is 0 Å². The molecule has 3 nitrogen and oxygen atoms in total. The van der Waals surface area contributed by atoms with E-state index in [1.165, 1.54) is 0 Å². The maximum Gasteiger partial charge on any atom is 0.237 e. The zero-order chi connectivity index (χ0) is 16.9. The molecular weight excluding hydrogens is 316 g/mol. The maximum absolute atomic E-state index is 12.8. The lowest BCUT2D eigenvalue weighted by atomic mass is 10.1. The van der Waals surface area contributed by atoms with Gasteiger partial charge in [0.15, 0.2) is 0 Å². The Kier molecular flexibility index (Phi) is 5.16. The molecule has 0 saturated carbocycles. The smallest absolute Gasteiger partial charge is 0.237 e. The Balaban J connectivity index is 1.83. The van der Waals surface area contributed by atoms with Crippen LogP contribution in [0.4, 0.5) is 5.69 Å². The van der Waals surface area contributed by atoms with Gasteiger partial charge < -0.3 is 5.32 Å². The zero-order valence-electron chi connectivity index (χ0n) is 13.8. The second-order valence-electron chi connectivity index (χ2n) is 5.65. The highest BCUT2D eigenvalue weighted by molar-refractivity contribution is 8.00. The first-order chi connectivity index (χ1) is 11.7. The Morgan fingerprint density at radius 2 is 1.83 bits per heavy atom. The molecule has 1 aromatic heterocycles. The van der Waals surface area contributed by atoms with E-state index in [1.807, 2.05) is 74.5 Å². The molecule has 1 unspecified atom stereocenters. The summed E-state index contributed by atoms with van der Waals surface area (Å²) in [7, 11) is 0. The fraction of sp³-hybridized carbons (Fsp3) is 0.200. The molecule has 1 atom stereocenters. The molecule has 3 aromatic rings. The third-order valence-electron chi connectivity index (χ3n) is 3.79. The lowest BCUT2D eigenvalue weighted by Gasteiger charge is -2.16. The summed E-state index contributed by atoms with van der Waals surface area (Å²) in [5.41, 5.74) is 2.62. The fourth-order valence-corrected chi connectivity index (χ4v) is 3.59. The number of aromatic nitrogens is 1. The summed E-state index contributed by atoms with van der Waals surface area (Å²) in [6, 6.07) is 19.8. The Labute approximate surface area is 146 Å². The monoisotopic (exact) mass is 336 g/mol. The molecule has 2 aromatic carbocycles. The van der Waals surface area contributed by atoms with Crippen LogP contribution < -0.4 is 5.32 Å². The van der Waals surface area contributed by atoms with Crippen LogP contribution in [-0.2, 0) is 4.79 Å². The molecule has 3 rings (SSSR count). The van der Waals surface area contributed by atoms with Crippen molar-refractivity contribution in [2.75, 3.05) is 5.32 Å². The molecule has 0 bridgehead atoms. The largest absolute Gasteiger partial charge is 0.324 e. The van der Waals surface area contributed by atoms with Gasteiger partial charge in [0.1, 0.15) is 0 Å². The number of hydrogen-bond donors (Lipinski definition) is 1. The van der Waals surface area contributed by atoms with Crippen molar-refractivity contribution in [3.63, 3.8) is 0 Å². The highest BCUT2D eigenvalue weighted by Crippen LogP contribution is 2.28. The number of nitrogens with zero attached hydrogens (tertiary/aromatic N) is 1. The average Bonchev–Trinajstić information content (AvgIpc) is 2.60. The van der Waals surface area contributed by atoms with E-state index in [1.54, 1.807) is 11.8 Å². The minimum atomic E-state index is -0.125. The van der Waals surface area contributed by atoms with Crippen molar-refractivity contribution >= 4 is 34.3 Å². The lowest BCUT2D eigenvalue weighted by Crippen LogP contribution is -2.24. The number of thioether (sulfide) groups is 1. The van der Waals surface area contributed by atoms with E-state index < -0.39 is 0 Å². The number of nitrogens with one attached hydrogen (secondary N) is 1. The third-order valence-corrected chi connectivity index (χ3v) is 5.16. The second kappa shape index (κ2) is 7.49. The number of benzene rings is 2. The predicted molar refractivity (Wildman–Crippen MR) is 101 cm³/mol. The molecule has 122 valence electrons. The number of rotatable bonds is 5. The molecule has 0 aliphatic carbocycles. The van der Waals surface area contributed by atoms with Gasteiger partial charge in [0.25, 0.3) is 0 Å². The standard InChI is InChI=1S/C20H20N2OS/c1-3-19(24-15-9-5-4-6-10-15)20(23)22-18-13-14(2)21-17-12-8-7-11-16(17)18/h4-13,19H,3H2,1-2H3,(H,21,22,23). The summed E-state index contributed by atoms with van der Waals surface area (Å²) in [6.07, 6.45) is 0.771. The summed E-state index contributed by atoms with van der Waals surface area (Å²) < 4.78 is 0. The zero-order valence-corrected chi connectivity index (χ0v) is 14.6. The van der Waals surface area contributed by atoms with Crippen molar-refractivity contribution in [3.8, 4) is 0 Å². The minimum Gasteiger partial charge on any atom is -0.324 e. The van der Waals surface area contributed by atoms with Crippen molar-refractivity contribution < 1.29 is 4.79 Å². The van der Waals surface area contributed by atoms with Gasteiger partial charge in [0.05, 0.1) is 16.5 Å². The number of para-hydroxylation sites is 1. The number of pyridine rings is 1. The van der Waals surface area contributed by atoms with Crippen LogP contribution in [0.1, 0.15) is 19.0 Å². The fourth-order valence-electron chi connectivity index (χ4n) is 2.61. The highest BCUT2D eigenvalue weighted by atomic mass is 32.2. The summed E-state index contributed by atoms with van der Waals surface area (Å²) in [6.45, 7) is 3.98. The topological polar surface area (TPSA) is 42.0 Å². The van der Waals surface area contributed by atoms with E-state index >= 15 is 0 Å². The first kappa shape index (κ1) is 16.5. The number of hydrogen-bond acceptors (Lipinski definition) is 3. The van der Waals surface area contributed by atoms with Crippen LogP contribution >= 0.6 is 11.8 Å². The molecule has 0 spiro atoms. The van der Waals surface area contributed by atoms with Gasteiger partial charge in [-0.1, -0.05) is 43.3 Å². The molecule has 4 heteroatoms. The first-order valence-electron chi connectivity index (χ1n) is 8.06. The Bertz CT molecular complexity index is 849. The number of anilines is 1. The van der Waals surface area contributed by atoms with Crippen LogP contribution in [0.25, 0.3) is 10.9 Å². The molecule has 0 fully saturated rings. The maximum atomic E-state index is 12.8. The van der Waals surface area contributed by atoms with Crippen molar-refractivity contribution in [2.24, 2.45) is 0 Å². The lowest BCUT2D eigenvalue weighted by molar-refractivity contribution is -0.115. The van der Waals surface area contributed by atoms with E-state index in [0.717, 1.165) is 33.6 Å². The first-order valence-corrected chi connectivity index (χ1v) is 8.94. The van der Waals surface area contributed by atoms with Crippen LogP contribution in [0.5, 0.6) is 0 Å². The number of carbonyl (C=O) groups is 1. The molecule has 0 aliphatic rings. The van der Waals surface area contributed by atoms with E-state index in [9.17, 15) is 4.79 Å². The predicted octanol–water partition coefficient (Wildman–Crippen LogP) is 5.05. The summed E-state index contributed by atoms with van der Waals surface area (Å²) in [5.74, 6) is 0.0297. The average molecular weight is 336 g/mol. The number of carbonyl (C=O) groups excluding carboxylic acids is 1. The van der Waals surface area contributed by atoms with Crippen LogP contribution in [0.3, 0.4) is 0 Å². The molecule has 0 aliphatic heterocycles. The molecule has 0 saturated heterocycles. The van der Waals surface area contributed by atoms with Crippen molar-refractivity contribution in [1.82, 2.24) is 4.98 Å². The van der Waals surface area contributed by atoms with E-state index in [2.05, 4.69) is 10.3 Å². The molecule has 1 amide bonds. The van der Waals surface area contributed by atoms with E-state index in [-0.39, 0.29) is 11.2 Å². The Morgan fingerprint density at radius 1 is 1.12 bits per heavy atom. The van der Waals surface area contributed by atoms with Gasteiger partial charge >= 0.3 is 0 Å². The Hall–Kier alpha value is -2.33. The van der Waals surface area contributed by atoms with Gasteiger partial charge in [-0.25, -0.2) is 0 Å². The molecule has 1 heterocycles. The van der Waals surface area contributed by atoms with Gasteiger partial charge in [-0.05, 0) is 37.6 Å². The van der Waals surface area contributed by atoms with Gasteiger partial charge in [0.2, 0.25) is 5.91 Å². The van der Waals surface area contributed by atoms with Gasteiger partial charge in [-0.3, -0.25) is 9.78 Å². The molecule has 1 N–H and O–H groups in total. The molecule has 24 heavy (non-hydrogen) atoms. The SMILES string of the molecule is CCC(Sc1ccccc1)C(=O)Nc1cc(C)nc2ccccc12. The van der Waals surface area contributed by atoms with Gasteiger partial charge in [-0.2, -0.15) is 0 Å². The Morgan fingerprint density at radius 3 is 2.58 bits per heavy atom.